The number of anilines is 1. The SMILES string of the molecule is CCOC(=O)c1[nH]c(C)c(-c2ccnc(NC(C)C)n2)c1C. The minimum Gasteiger partial charge on any atom is -0.461 e. The monoisotopic (exact) mass is 302 g/mol. The Balaban J connectivity index is 2.43. The fourth-order valence-electron chi connectivity index (χ4n) is 2.37. The molecule has 0 bridgehead atoms. The fourth-order valence-corrected chi connectivity index (χ4v) is 2.37. The van der Waals surface area contributed by atoms with E-state index in [1.165, 1.54) is 0 Å². The Hall–Kier alpha value is -2.37. The third-order valence-corrected chi connectivity index (χ3v) is 3.25. The van der Waals surface area contributed by atoms with Gasteiger partial charge < -0.3 is 15.0 Å². The summed E-state index contributed by atoms with van der Waals surface area (Å²) in [6, 6.07) is 2.09. The van der Waals surface area contributed by atoms with Crippen LogP contribution in [0.3, 0.4) is 0 Å². The number of H-pyrrole nitrogens is 1. The summed E-state index contributed by atoms with van der Waals surface area (Å²) in [6.45, 7) is 10.0. The highest BCUT2D eigenvalue weighted by molar-refractivity contribution is 5.92. The molecule has 0 saturated carbocycles. The van der Waals surface area contributed by atoms with Crippen molar-refractivity contribution in [2.24, 2.45) is 0 Å². The van der Waals surface area contributed by atoms with Crippen molar-refractivity contribution >= 4 is 11.9 Å². The van der Waals surface area contributed by atoms with Crippen molar-refractivity contribution in [3.8, 4) is 11.3 Å². The molecule has 0 aliphatic rings. The molecule has 0 fully saturated rings. The van der Waals surface area contributed by atoms with Crippen molar-refractivity contribution in [3.05, 3.63) is 29.2 Å². The highest BCUT2D eigenvalue weighted by Gasteiger charge is 2.20. The number of hydrogen-bond acceptors (Lipinski definition) is 5. The minimum absolute atomic E-state index is 0.249. The molecule has 2 N–H and O–H groups in total. The largest absolute Gasteiger partial charge is 0.461 e. The number of aromatic nitrogens is 3. The molecule has 0 unspecified atom stereocenters. The van der Waals surface area contributed by atoms with E-state index in [1.54, 1.807) is 13.1 Å². The van der Waals surface area contributed by atoms with E-state index in [-0.39, 0.29) is 12.0 Å². The molecule has 6 heteroatoms. The van der Waals surface area contributed by atoms with Gasteiger partial charge in [-0.15, -0.1) is 0 Å². The van der Waals surface area contributed by atoms with Crippen molar-refractivity contribution in [1.82, 2.24) is 15.0 Å². The number of aryl methyl sites for hydroxylation is 1. The van der Waals surface area contributed by atoms with Gasteiger partial charge in [0.1, 0.15) is 5.69 Å². The van der Waals surface area contributed by atoms with Gasteiger partial charge in [0.2, 0.25) is 5.95 Å². The zero-order valence-electron chi connectivity index (χ0n) is 13.7. The molecule has 0 amide bonds. The first-order chi connectivity index (χ1) is 10.4. The molecular formula is C16H22N4O2. The summed E-state index contributed by atoms with van der Waals surface area (Å²) in [5.41, 5.74) is 3.89. The zero-order valence-corrected chi connectivity index (χ0v) is 13.7. The van der Waals surface area contributed by atoms with Crippen LogP contribution in [-0.2, 0) is 4.74 Å². The molecule has 22 heavy (non-hydrogen) atoms. The van der Waals surface area contributed by atoms with Gasteiger partial charge in [-0.3, -0.25) is 0 Å². The maximum atomic E-state index is 12.0. The standard InChI is InChI=1S/C16H22N4O2/c1-6-22-15(21)14-10(4)13(11(5)19-14)12-7-8-17-16(20-12)18-9(2)3/h7-9,19H,6H2,1-5H3,(H,17,18,20). The number of hydrogen-bond donors (Lipinski definition) is 2. The zero-order chi connectivity index (χ0) is 16.3. The summed E-state index contributed by atoms with van der Waals surface area (Å²) in [6.07, 6.45) is 1.71. The van der Waals surface area contributed by atoms with Gasteiger partial charge in [-0.25, -0.2) is 14.8 Å². The number of nitrogens with one attached hydrogen (secondary N) is 2. The summed E-state index contributed by atoms with van der Waals surface area (Å²) < 4.78 is 5.07. The Bertz CT molecular complexity index is 677. The normalized spacial score (nSPS) is 10.8. The minimum atomic E-state index is -0.344. The molecule has 2 aromatic heterocycles. The van der Waals surface area contributed by atoms with E-state index >= 15 is 0 Å². The van der Waals surface area contributed by atoms with E-state index in [0.717, 1.165) is 22.5 Å². The first-order valence-corrected chi connectivity index (χ1v) is 7.40. The van der Waals surface area contributed by atoms with Crippen LogP contribution in [0.4, 0.5) is 5.95 Å². The molecule has 0 aromatic carbocycles. The summed E-state index contributed by atoms with van der Waals surface area (Å²) in [5, 5.41) is 3.18. The lowest BCUT2D eigenvalue weighted by Crippen LogP contribution is -2.12. The Kier molecular flexibility index (Phi) is 4.80. The molecule has 0 radical (unpaired) electrons. The van der Waals surface area contributed by atoms with Crippen molar-refractivity contribution in [2.75, 3.05) is 11.9 Å². The molecule has 0 saturated heterocycles. The molecule has 0 atom stereocenters. The lowest BCUT2D eigenvalue weighted by Gasteiger charge is -2.09. The van der Waals surface area contributed by atoms with Crippen LogP contribution in [0, 0.1) is 13.8 Å². The lowest BCUT2D eigenvalue weighted by atomic mass is 10.1. The molecular weight excluding hydrogens is 280 g/mol. The van der Waals surface area contributed by atoms with Gasteiger partial charge in [0, 0.05) is 23.5 Å². The maximum Gasteiger partial charge on any atom is 0.355 e. The molecule has 2 rings (SSSR count). The topological polar surface area (TPSA) is 79.9 Å². The predicted octanol–water partition coefficient (Wildman–Crippen LogP) is 3.09. The van der Waals surface area contributed by atoms with Gasteiger partial charge in [0.25, 0.3) is 0 Å². The smallest absolute Gasteiger partial charge is 0.355 e. The summed E-state index contributed by atoms with van der Waals surface area (Å²) in [5.74, 6) is 0.231. The molecule has 118 valence electrons. The summed E-state index contributed by atoms with van der Waals surface area (Å²) >= 11 is 0. The third-order valence-electron chi connectivity index (χ3n) is 3.25. The van der Waals surface area contributed by atoms with E-state index in [1.807, 2.05) is 33.8 Å². The Labute approximate surface area is 130 Å². The average molecular weight is 302 g/mol. The molecule has 0 aliphatic carbocycles. The third kappa shape index (κ3) is 3.27. The average Bonchev–Trinajstić information content (AvgIpc) is 2.74. The van der Waals surface area contributed by atoms with E-state index < -0.39 is 0 Å². The van der Waals surface area contributed by atoms with Crippen LogP contribution >= 0.6 is 0 Å². The van der Waals surface area contributed by atoms with E-state index in [4.69, 9.17) is 4.74 Å². The molecule has 2 aromatic rings. The summed E-state index contributed by atoms with van der Waals surface area (Å²) in [4.78, 5) is 23.8. The highest BCUT2D eigenvalue weighted by atomic mass is 16.5. The van der Waals surface area contributed by atoms with Gasteiger partial charge in [-0.05, 0) is 46.2 Å². The van der Waals surface area contributed by atoms with E-state index in [0.29, 0.717) is 18.2 Å². The lowest BCUT2D eigenvalue weighted by molar-refractivity contribution is 0.0519. The molecule has 0 spiro atoms. The van der Waals surface area contributed by atoms with E-state index in [9.17, 15) is 4.79 Å². The van der Waals surface area contributed by atoms with Crippen LogP contribution in [0.5, 0.6) is 0 Å². The van der Waals surface area contributed by atoms with Gasteiger partial charge in [0.05, 0.1) is 12.3 Å². The Morgan fingerprint density at radius 2 is 2.14 bits per heavy atom. The molecule has 2 heterocycles. The van der Waals surface area contributed by atoms with Crippen LogP contribution in [0.15, 0.2) is 12.3 Å². The number of rotatable bonds is 5. The van der Waals surface area contributed by atoms with Crippen molar-refractivity contribution in [2.45, 2.75) is 40.7 Å². The van der Waals surface area contributed by atoms with Crippen LogP contribution in [-0.4, -0.2) is 33.6 Å². The second-order valence-electron chi connectivity index (χ2n) is 5.41. The Morgan fingerprint density at radius 3 is 2.77 bits per heavy atom. The van der Waals surface area contributed by atoms with Crippen LogP contribution in [0.25, 0.3) is 11.3 Å². The van der Waals surface area contributed by atoms with E-state index in [2.05, 4.69) is 20.3 Å². The number of esters is 1. The Morgan fingerprint density at radius 1 is 1.41 bits per heavy atom. The van der Waals surface area contributed by atoms with Crippen LogP contribution < -0.4 is 5.32 Å². The molecule has 6 nitrogen and oxygen atoms in total. The van der Waals surface area contributed by atoms with Gasteiger partial charge >= 0.3 is 5.97 Å². The number of carbonyl (C=O) groups is 1. The second kappa shape index (κ2) is 6.60. The van der Waals surface area contributed by atoms with Crippen molar-refractivity contribution < 1.29 is 9.53 Å². The predicted molar refractivity (Wildman–Crippen MR) is 86.0 cm³/mol. The molecule has 0 aliphatic heterocycles. The van der Waals surface area contributed by atoms with Crippen molar-refractivity contribution in [3.63, 3.8) is 0 Å². The number of nitrogens with zero attached hydrogens (tertiary/aromatic N) is 2. The maximum absolute atomic E-state index is 12.0. The number of carbonyl (C=O) groups excluding carboxylic acids is 1. The number of aromatic amines is 1. The van der Waals surface area contributed by atoms with Gasteiger partial charge in [0.15, 0.2) is 0 Å². The second-order valence-corrected chi connectivity index (χ2v) is 5.41. The summed E-state index contributed by atoms with van der Waals surface area (Å²) in [7, 11) is 0. The first kappa shape index (κ1) is 16.0. The fraction of sp³-hybridized carbons (Fsp3) is 0.438. The van der Waals surface area contributed by atoms with Gasteiger partial charge in [-0.2, -0.15) is 0 Å². The van der Waals surface area contributed by atoms with Crippen molar-refractivity contribution in [1.29, 1.82) is 0 Å². The van der Waals surface area contributed by atoms with Crippen LogP contribution in [0.2, 0.25) is 0 Å². The number of ether oxygens (including phenoxy) is 1. The van der Waals surface area contributed by atoms with Gasteiger partial charge in [-0.1, -0.05) is 0 Å². The van der Waals surface area contributed by atoms with Crippen LogP contribution in [0.1, 0.15) is 42.5 Å². The first-order valence-electron chi connectivity index (χ1n) is 7.40. The highest BCUT2D eigenvalue weighted by Crippen LogP contribution is 2.28. The quantitative estimate of drug-likeness (QED) is 0.830.